The van der Waals surface area contributed by atoms with Crippen LogP contribution in [-0.2, 0) is 19.1 Å². The minimum atomic E-state index is -0.859. The van der Waals surface area contributed by atoms with Crippen LogP contribution in [0.4, 0.5) is 0 Å². The second kappa shape index (κ2) is 4.53. The molecule has 2 saturated heterocycles. The van der Waals surface area contributed by atoms with Gasteiger partial charge in [-0.15, -0.1) is 0 Å². The van der Waals surface area contributed by atoms with Crippen molar-refractivity contribution in [3.05, 3.63) is 23.8 Å². The van der Waals surface area contributed by atoms with E-state index >= 15 is 0 Å². The summed E-state index contributed by atoms with van der Waals surface area (Å²) in [6.45, 7) is 5.69. The van der Waals surface area contributed by atoms with E-state index in [1.807, 2.05) is 13.0 Å². The largest absolute Gasteiger partial charge is 0.455 e. The number of allylic oxidation sites excluding steroid dienone is 1. The highest BCUT2D eigenvalue weighted by molar-refractivity contribution is 5.91. The average molecular weight is 278 g/mol. The number of carbonyl (C=O) groups is 2. The summed E-state index contributed by atoms with van der Waals surface area (Å²) in [5, 5.41) is 10.4. The Hall–Kier alpha value is -1.46. The minimum absolute atomic E-state index is 0.198. The zero-order chi connectivity index (χ0) is 14.5. The molecule has 108 valence electrons. The fourth-order valence-corrected chi connectivity index (χ4v) is 3.27. The maximum atomic E-state index is 11.7. The number of fused-ring (bicyclic) bond motifs is 3. The smallest absolute Gasteiger partial charge is 0.334 e. The van der Waals surface area contributed by atoms with Gasteiger partial charge in [0.2, 0.25) is 0 Å². The van der Waals surface area contributed by atoms with Gasteiger partial charge in [-0.2, -0.15) is 0 Å². The molecule has 0 amide bonds. The minimum Gasteiger partial charge on any atom is -0.455 e. The zero-order valence-corrected chi connectivity index (χ0v) is 11.4. The molecule has 2 aliphatic heterocycles. The fraction of sp³-hybridized carbons (Fsp3) is 0.600. The van der Waals surface area contributed by atoms with Crippen molar-refractivity contribution in [1.29, 1.82) is 0 Å². The summed E-state index contributed by atoms with van der Waals surface area (Å²) < 4.78 is 11.1. The Bertz CT molecular complexity index is 508. The van der Waals surface area contributed by atoms with Crippen LogP contribution in [0.2, 0.25) is 0 Å². The van der Waals surface area contributed by atoms with Crippen molar-refractivity contribution < 1.29 is 24.2 Å². The van der Waals surface area contributed by atoms with E-state index in [1.165, 1.54) is 0 Å². The fourth-order valence-electron chi connectivity index (χ4n) is 3.27. The Labute approximate surface area is 117 Å². The molecule has 0 radical (unpaired) electrons. The highest BCUT2D eigenvalue weighted by Crippen LogP contribution is 2.49. The van der Waals surface area contributed by atoms with Gasteiger partial charge >= 0.3 is 5.97 Å². The Morgan fingerprint density at radius 1 is 1.55 bits per heavy atom. The highest BCUT2D eigenvalue weighted by Gasteiger charge is 2.62. The lowest BCUT2D eigenvalue weighted by molar-refractivity contribution is -0.140. The van der Waals surface area contributed by atoms with Crippen LogP contribution in [0.25, 0.3) is 0 Å². The topological polar surface area (TPSA) is 76.1 Å². The predicted octanol–water partition coefficient (Wildman–Crippen LogP) is 0.912. The number of hydrogen-bond acceptors (Lipinski definition) is 5. The monoisotopic (exact) mass is 278 g/mol. The van der Waals surface area contributed by atoms with Crippen LogP contribution in [0.3, 0.4) is 0 Å². The molecule has 5 nitrogen and oxygen atoms in total. The van der Waals surface area contributed by atoms with E-state index in [0.29, 0.717) is 12.0 Å². The van der Waals surface area contributed by atoms with Gasteiger partial charge in [0.15, 0.2) is 0 Å². The molecule has 0 aromatic rings. The molecule has 5 heteroatoms. The third kappa shape index (κ3) is 2.01. The molecule has 0 saturated carbocycles. The van der Waals surface area contributed by atoms with Gasteiger partial charge in [0.1, 0.15) is 18.5 Å². The normalized spacial score (nSPS) is 46.6. The molecule has 2 fully saturated rings. The van der Waals surface area contributed by atoms with Crippen molar-refractivity contribution in [2.45, 2.75) is 50.1 Å². The van der Waals surface area contributed by atoms with Gasteiger partial charge in [-0.05, 0) is 25.3 Å². The van der Waals surface area contributed by atoms with Crippen molar-refractivity contribution in [2.75, 3.05) is 0 Å². The lowest BCUT2D eigenvalue weighted by atomic mass is 9.82. The van der Waals surface area contributed by atoms with E-state index in [4.69, 9.17) is 9.47 Å². The number of esters is 1. The number of aldehydes is 1. The van der Waals surface area contributed by atoms with Gasteiger partial charge in [-0.3, -0.25) is 4.79 Å². The molecule has 1 aliphatic carbocycles. The van der Waals surface area contributed by atoms with Crippen LogP contribution < -0.4 is 0 Å². The Morgan fingerprint density at radius 2 is 2.30 bits per heavy atom. The molecule has 2 heterocycles. The van der Waals surface area contributed by atoms with Gasteiger partial charge < -0.3 is 14.6 Å². The number of aliphatic hydroxyl groups excluding tert-OH is 1. The Kier molecular flexibility index (Phi) is 3.06. The molecular formula is C15H18O5. The van der Waals surface area contributed by atoms with Gasteiger partial charge in [0, 0.05) is 12.0 Å². The summed E-state index contributed by atoms with van der Waals surface area (Å²) in [5.41, 5.74) is 0.465. The second-order valence-electron chi connectivity index (χ2n) is 5.98. The van der Waals surface area contributed by atoms with Crippen molar-refractivity contribution in [3.8, 4) is 0 Å². The summed E-state index contributed by atoms with van der Waals surface area (Å²) in [5.74, 6) is -0.983. The molecular weight excluding hydrogens is 260 g/mol. The van der Waals surface area contributed by atoms with E-state index in [0.717, 1.165) is 12.7 Å². The molecule has 0 spiro atoms. The lowest BCUT2D eigenvalue weighted by Crippen LogP contribution is -2.36. The van der Waals surface area contributed by atoms with Gasteiger partial charge in [-0.1, -0.05) is 12.7 Å². The first-order valence-electron chi connectivity index (χ1n) is 6.86. The number of aliphatic hydroxyl groups is 1. The molecule has 0 aromatic heterocycles. The van der Waals surface area contributed by atoms with Crippen molar-refractivity contribution in [2.24, 2.45) is 5.92 Å². The van der Waals surface area contributed by atoms with Crippen molar-refractivity contribution >= 4 is 12.3 Å². The SMILES string of the molecule is C=C1C(=O)O[C@H]2[C@H]1[C@H](O)C/C(C=O)=C\CC[C@@]1(C)O[C@@H]21. The molecule has 3 rings (SSSR count). The number of rotatable bonds is 1. The lowest BCUT2D eigenvalue weighted by Gasteiger charge is -2.23. The van der Waals surface area contributed by atoms with Crippen LogP contribution in [0.5, 0.6) is 0 Å². The van der Waals surface area contributed by atoms with Crippen LogP contribution in [-0.4, -0.2) is 41.3 Å². The van der Waals surface area contributed by atoms with Gasteiger partial charge in [0.05, 0.1) is 17.6 Å². The predicted molar refractivity (Wildman–Crippen MR) is 69.8 cm³/mol. The first kappa shape index (κ1) is 13.5. The maximum Gasteiger partial charge on any atom is 0.334 e. The van der Waals surface area contributed by atoms with Gasteiger partial charge in [-0.25, -0.2) is 4.79 Å². The molecule has 5 atom stereocenters. The standard InChI is InChI=1S/C15H18O5/c1-8-11-10(17)6-9(7-16)4-3-5-15(2)13(20-15)12(11)19-14(8)18/h4,7,10-13,17H,1,3,5-6H2,2H3/b9-4+/t10-,11-,12+,13+,15-/m1/s1. The first-order chi connectivity index (χ1) is 9.46. The number of carbonyl (C=O) groups excluding carboxylic acids is 2. The highest BCUT2D eigenvalue weighted by atomic mass is 16.6. The van der Waals surface area contributed by atoms with Crippen LogP contribution in [0, 0.1) is 5.92 Å². The number of epoxide rings is 1. The maximum absolute atomic E-state index is 11.7. The zero-order valence-electron chi connectivity index (χ0n) is 11.4. The van der Waals surface area contributed by atoms with E-state index in [-0.39, 0.29) is 23.7 Å². The average Bonchev–Trinajstić information content (AvgIpc) is 2.98. The molecule has 1 N–H and O–H groups in total. The van der Waals surface area contributed by atoms with E-state index in [2.05, 4.69) is 6.58 Å². The Morgan fingerprint density at radius 3 is 3.00 bits per heavy atom. The first-order valence-corrected chi connectivity index (χ1v) is 6.86. The number of ether oxygens (including phenoxy) is 2. The Balaban J connectivity index is 1.94. The molecule has 0 bridgehead atoms. The van der Waals surface area contributed by atoms with Crippen molar-refractivity contribution in [1.82, 2.24) is 0 Å². The van der Waals surface area contributed by atoms with Crippen LogP contribution in [0.1, 0.15) is 26.2 Å². The quantitative estimate of drug-likeness (QED) is 0.334. The second-order valence-corrected chi connectivity index (χ2v) is 5.98. The molecule has 0 aromatic carbocycles. The van der Waals surface area contributed by atoms with E-state index in [1.54, 1.807) is 0 Å². The third-order valence-electron chi connectivity index (χ3n) is 4.56. The van der Waals surface area contributed by atoms with Gasteiger partial charge in [0.25, 0.3) is 0 Å². The summed E-state index contributed by atoms with van der Waals surface area (Å²) in [6, 6.07) is 0. The summed E-state index contributed by atoms with van der Waals surface area (Å²) in [4.78, 5) is 22.8. The summed E-state index contributed by atoms with van der Waals surface area (Å²) in [7, 11) is 0. The third-order valence-corrected chi connectivity index (χ3v) is 4.56. The van der Waals surface area contributed by atoms with Crippen LogP contribution in [0.15, 0.2) is 23.8 Å². The molecule has 0 unspecified atom stereocenters. The van der Waals surface area contributed by atoms with Crippen molar-refractivity contribution in [3.63, 3.8) is 0 Å². The summed E-state index contributed by atoms with van der Waals surface area (Å²) >= 11 is 0. The van der Waals surface area contributed by atoms with E-state index in [9.17, 15) is 14.7 Å². The molecule has 20 heavy (non-hydrogen) atoms. The molecule has 3 aliphatic rings. The van der Waals surface area contributed by atoms with E-state index < -0.39 is 24.1 Å². The summed E-state index contributed by atoms with van der Waals surface area (Å²) in [6.07, 6.45) is 2.72. The number of hydrogen-bond donors (Lipinski definition) is 1. The van der Waals surface area contributed by atoms with Crippen LogP contribution >= 0.6 is 0 Å².